The van der Waals surface area contributed by atoms with E-state index in [9.17, 15) is 19.8 Å². The fourth-order valence-corrected chi connectivity index (χ4v) is 8.48. The van der Waals surface area contributed by atoms with Gasteiger partial charge in [-0.05, 0) is 114 Å². The van der Waals surface area contributed by atoms with Crippen LogP contribution in [0.25, 0.3) is 0 Å². The molecule has 1 aromatic carbocycles. The summed E-state index contributed by atoms with van der Waals surface area (Å²) in [7, 11) is 0. The Kier molecular flexibility index (Phi) is 10.3. The van der Waals surface area contributed by atoms with Crippen molar-refractivity contribution < 1.29 is 29.3 Å². The number of fused-ring (bicyclic) bond motifs is 8. The van der Waals surface area contributed by atoms with Crippen LogP contribution in [-0.4, -0.2) is 71.1 Å². The van der Waals surface area contributed by atoms with Crippen molar-refractivity contribution in [2.24, 2.45) is 5.41 Å². The molecule has 44 heavy (non-hydrogen) atoms. The van der Waals surface area contributed by atoms with Crippen LogP contribution in [0.3, 0.4) is 0 Å². The number of rotatable bonds is 7. The number of hydrogen-bond donors (Lipinski definition) is 2. The predicted molar refractivity (Wildman–Crippen MR) is 173 cm³/mol. The van der Waals surface area contributed by atoms with Crippen molar-refractivity contribution in [2.75, 3.05) is 26.3 Å². The summed E-state index contributed by atoms with van der Waals surface area (Å²) < 4.78 is 11.3. The highest BCUT2D eigenvalue weighted by molar-refractivity contribution is 7.14. The molecule has 1 saturated heterocycles. The zero-order valence-electron chi connectivity index (χ0n) is 26.8. The third kappa shape index (κ3) is 6.99. The van der Waals surface area contributed by atoms with Crippen LogP contribution in [0.4, 0.5) is 4.79 Å². The van der Waals surface area contributed by atoms with E-state index < -0.39 is 23.2 Å². The topological polar surface area (TPSA) is 96.3 Å². The Morgan fingerprint density at radius 1 is 1.14 bits per heavy atom. The standard InChI is InChI=1S/C36H49NO6S/c1-5-42-34(40)37(22-28-9-7-19-43-28)23-36(41)18-16-31-29-14-12-26(21-30(29)33(39)32-15-11-25(3)44-32)20-27(38)13-10-24(2)8-6-17-35(31,36)4/h8,11-12,14-15,21,27-28,31,38,41H,5-7,9-10,13,16-20,22-23H2,1-4H3. The molecule has 1 aliphatic heterocycles. The summed E-state index contributed by atoms with van der Waals surface area (Å²) in [5.41, 5.74) is 1.94. The van der Waals surface area contributed by atoms with Crippen molar-refractivity contribution in [1.82, 2.24) is 4.90 Å². The normalized spacial score (nSPS) is 29.1. The number of amides is 1. The first-order chi connectivity index (χ1) is 21.0. The van der Waals surface area contributed by atoms with E-state index in [-0.39, 0.29) is 31.0 Å². The number of carbonyl (C=O) groups excluding carboxylic acids is 2. The number of ether oxygens (including phenoxy) is 2. The summed E-state index contributed by atoms with van der Waals surface area (Å²) in [6.07, 6.45) is 7.68. The summed E-state index contributed by atoms with van der Waals surface area (Å²) >= 11 is 1.49. The number of aliphatic hydroxyl groups excluding tert-OH is 1. The molecule has 7 nitrogen and oxygen atoms in total. The van der Waals surface area contributed by atoms with E-state index >= 15 is 0 Å². The molecule has 5 unspecified atom stereocenters. The summed E-state index contributed by atoms with van der Waals surface area (Å²) in [6.45, 7) is 9.55. The lowest BCUT2D eigenvalue weighted by atomic mass is 9.64. The number of allylic oxidation sites excluding steroid dienone is 2. The predicted octanol–water partition coefficient (Wildman–Crippen LogP) is 6.96. The number of benzene rings is 1. The molecule has 2 N–H and O–H groups in total. The number of aryl methyl sites for hydroxylation is 1. The molecule has 6 rings (SSSR count). The van der Waals surface area contributed by atoms with Crippen molar-refractivity contribution in [2.45, 2.75) is 109 Å². The molecule has 0 spiro atoms. The fraction of sp³-hybridized carbons (Fsp3) is 0.611. The smallest absolute Gasteiger partial charge is 0.409 e. The molecule has 2 aromatic rings. The van der Waals surface area contributed by atoms with Crippen LogP contribution < -0.4 is 0 Å². The first kappa shape index (κ1) is 32.9. The minimum atomic E-state index is -1.20. The molecular weight excluding hydrogens is 574 g/mol. The summed E-state index contributed by atoms with van der Waals surface area (Å²) in [5.74, 6) is -0.114. The van der Waals surface area contributed by atoms with Gasteiger partial charge in [-0.3, -0.25) is 4.79 Å². The number of aliphatic hydroxyl groups is 2. The number of ketones is 1. The van der Waals surface area contributed by atoms with Crippen molar-refractivity contribution in [1.29, 1.82) is 0 Å². The highest BCUT2D eigenvalue weighted by Crippen LogP contribution is 2.59. The maximum Gasteiger partial charge on any atom is 0.409 e. The lowest BCUT2D eigenvalue weighted by molar-refractivity contribution is -0.0851. The van der Waals surface area contributed by atoms with Gasteiger partial charge in [0, 0.05) is 22.5 Å². The largest absolute Gasteiger partial charge is 0.450 e. The molecule has 1 aromatic heterocycles. The first-order valence-electron chi connectivity index (χ1n) is 16.4. The lowest BCUT2D eigenvalue weighted by Gasteiger charge is -2.46. The lowest BCUT2D eigenvalue weighted by Crippen LogP contribution is -2.55. The van der Waals surface area contributed by atoms with E-state index in [1.807, 2.05) is 31.2 Å². The maximum absolute atomic E-state index is 14.1. The van der Waals surface area contributed by atoms with Gasteiger partial charge in [0.15, 0.2) is 0 Å². The molecule has 2 bridgehead atoms. The van der Waals surface area contributed by atoms with Crippen molar-refractivity contribution in [3.63, 3.8) is 0 Å². The zero-order valence-corrected chi connectivity index (χ0v) is 27.6. The third-order valence-electron chi connectivity index (χ3n) is 10.3. The van der Waals surface area contributed by atoms with Crippen LogP contribution in [0.5, 0.6) is 0 Å². The Morgan fingerprint density at radius 2 is 1.95 bits per heavy atom. The van der Waals surface area contributed by atoms with Gasteiger partial charge in [0.2, 0.25) is 5.78 Å². The summed E-state index contributed by atoms with van der Waals surface area (Å²) in [4.78, 5) is 30.8. The molecule has 5 atom stereocenters. The van der Waals surface area contributed by atoms with E-state index in [1.165, 1.54) is 16.9 Å². The third-order valence-corrected chi connectivity index (χ3v) is 11.3. The molecule has 2 fully saturated rings. The van der Waals surface area contributed by atoms with E-state index in [0.717, 1.165) is 41.7 Å². The van der Waals surface area contributed by atoms with E-state index in [2.05, 4.69) is 26.0 Å². The monoisotopic (exact) mass is 623 g/mol. The number of thiophene rings is 1. The zero-order chi connectivity index (χ0) is 31.5. The van der Waals surface area contributed by atoms with Crippen molar-refractivity contribution in [3.8, 4) is 0 Å². The molecular formula is C36H49NO6S. The van der Waals surface area contributed by atoms with Gasteiger partial charge < -0.3 is 24.6 Å². The second-order valence-electron chi connectivity index (χ2n) is 13.4. The first-order valence-corrected chi connectivity index (χ1v) is 17.2. The second kappa shape index (κ2) is 13.9. The van der Waals surface area contributed by atoms with Gasteiger partial charge in [-0.25, -0.2) is 4.79 Å². The van der Waals surface area contributed by atoms with Gasteiger partial charge in [-0.2, -0.15) is 0 Å². The van der Waals surface area contributed by atoms with Crippen LogP contribution in [-0.2, 0) is 15.9 Å². The van der Waals surface area contributed by atoms with E-state index in [1.54, 1.807) is 11.8 Å². The Morgan fingerprint density at radius 3 is 2.66 bits per heavy atom. The molecule has 1 amide bonds. The molecule has 2 heterocycles. The van der Waals surface area contributed by atoms with Gasteiger partial charge in [0.25, 0.3) is 0 Å². The Balaban J connectivity index is 1.57. The van der Waals surface area contributed by atoms with Crippen LogP contribution >= 0.6 is 11.3 Å². The highest BCUT2D eigenvalue weighted by Gasteiger charge is 2.58. The van der Waals surface area contributed by atoms with Crippen molar-refractivity contribution in [3.05, 3.63) is 68.4 Å². The van der Waals surface area contributed by atoms with Crippen molar-refractivity contribution >= 4 is 23.2 Å². The summed E-state index contributed by atoms with van der Waals surface area (Å²) in [5, 5.41) is 23.5. The SMILES string of the molecule is CCOC(=O)N(CC1CCCO1)CC1(O)CCC2c3ccc(cc3C(=O)c3ccc(C)s3)CC(O)CCC(C)=CCCC21C. The summed E-state index contributed by atoms with van der Waals surface area (Å²) in [6, 6.07) is 9.95. The molecule has 240 valence electrons. The Bertz CT molecular complexity index is 1360. The number of carbonyl (C=O) groups is 2. The molecule has 4 aliphatic rings. The average Bonchev–Trinajstić information content (AvgIpc) is 3.72. The molecule has 1 saturated carbocycles. The number of hydrogen-bond acceptors (Lipinski definition) is 7. The average molecular weight is 624 g/mol. The van der Waals surface area contributed by atoms with Gasteiger partial charge in [0.05, 0.1) is 42.4 Å². The second-order valence-corrected chi connectivity index (χ2v) is 14.7. The minimum Gasteiger partial charge on any atom is -0.450 e. The van der Waals surface area contributed by atoms with E-state index in [4.69, 9.17) is 9.47 Å². The quantitative estimate of drug-likeness (QED) is 0.256. The van der Waals surface area contributed by atoms with Gasteiger partial charge >= 0.3 is 6.09 Å². The molecule has 0 radical (unpaired) electrons. The van der Waals surface area contributed by atoms with E-state index in [0.29, 0.717) is 55.7 Å². The molecule has 8 heteroatoms. The highest BCUT2D eigenvalue weighted by atomic mass is 32.1. The van der Waals surface area contributed by atoms with Crippen LogP contribution in [0.15, 0.2) is 42.0 Å². The number of nitrogens with zero attached hydrogens (tertiary/aromatic N) is 1. The van der Waals surface area contributed by atoms with Crippen LogP contribution in [0.1, 0.15) is 109 Å². The fourth-order valence-electron chi connectivity index (χ4n) is 7.65. The van der Waals surface area contributed by atoms with Gasteiger partial charge in [-0.1, -0.05) is 30.7 Å². The van der Waals surface area contributed by atoms with Gasteiger partial charge in [0.1, 0.15) is 0 Å². The van der Waals surface area contributed by atoms with Crippen LogP contribution in [0.2, 0.25) is 0 Å². The minimum absolute atomic E-state index is 0.0124. The molecule has 3 aliphatic carbocycles. The Labute approximate surface area is 266 Å². The maximum atomic E-state index is 14.1. The van der Waals surface area contributed by atoms with Crippen LogP contribution in [0, 0.1) is 12.3 Å². The Hall–Kier alpha value is -2.52. The van der Waals surface area contributed by atoms with Gasteiger partial charge in [-0.15, -0.1) is 11.3 Å².